The number of fused-ring (bicyclic) bond motifs is 4. The Hall–Kier alpha value is -4.88. The van der Waals surface area contributed by atoms with E-state index in [1.54, 1.807) is 0 Å². The molecule has 9 rings (SSSR count). The molecule has 182 valence electrons. The topological polar surface area (TPSA) is 13.1 Å². The number of allylic oxidation sites excluding steroid dienone is 14. The number of furan rings is 1. The first-order chi connectivity index (χ1) is 19.3. The molecule has 4 aliphatic rings. The fraction of sp³-hybridized carbons (Fsp3) is 0.0526. The summed E-state index contributed by atoms with van der Waals surface area (Å²) in [6.45, 7) is 0. The van der Waals surface area contributed by atoms with Crippen LogP contribution in [0.4, 0.5) is 0 Å². The zero-order valence-electron chi connectivity index (χ0n) is 21.3. The monoisotopic (exact) mass is 496 g/mol. The van der Waals surface area contributed by atoms with Crippen molar-refractivity contribution in [3.8, 4) is 0 Å². The van der Waals surface area contributed by atoms with Crippen molar-refractivity contribution in [2.45, 2.75) is 0 Å². The second-order valence-electron chi connectivity index (χ2n) is 10.9. The molecule has 2 atom stereocenters. The quantitative estimate of drug-likeness (QED) is 0.237. The van der Waals surface area contributed by atoms with Crippen molar-refractivity contribution >= 4 is 43.9 Å². The Bertz CT molecular complexity index is 2110. The average Bonchev–Trinajstić information content (AvgIpc) is 3.37. The van der Waals surface area contributed by atoms with E-state index in [0.717, 1.165) is 11.2 Å². The molecule has 39 heavy (non-hydrogen) atoms. The highest BCUT2D eigenvalue weighted by Crippen LogP contribution is 2.54. The Labute approximate surface area is 226 Å². The molecule has 0 radical (unpaired) electrons. The van der Waals surface area contributed by atoms with E-state index < -0.39 is 0 Å². The van der Waals surface area contributed by atoms with E-state index in [4.69, 9.17) is 4.42 Å². The van der Waals surface area contributed by atoms with Crippen LogP contribution in [0.25, 0.3) is 43.9 Å². The third-order valence-electron chi connectivity index (χ3n) is 8.89. The molecule has 1 heterocycles. The van der Waals surface area contributed by atoms with Gasteiger partial charge >= 0.3 is 0 Å². The van der Waals surface area contributed by atoms with Crippen LogP contribution >= 0.6 is 0 Å². The maximum atomic E-state index is 6.11. The lowest BCUT2D eigenvalue weighted by molar-refractivity contribution is 0.569. The SMILES string of the molecule is C1=CC2=C(c3ccc4ccccc4c3)C=CC3=CC=C4C(c5ccc6oc7ccccc7c6c5)=CC=C1C4C32. The molecule has 4 aliphatic carbocycles. The summed E-state index contributed by atoms with van der Waals surface area (Å²) in [6.07, 6.45) is 18.7. The summed E-state index contributed by atoms with van der Waals surface area (Å²) < 4.78 is 6.11. The van der Waals surface area contributed by atoms with E-state index in [2.05, 4.69) is 121 Å². The highest BCUT2D eigenvalue weighted by Gasteiger charge is 2.40. The molecule has 1 aromatic heterocycles. The zero-order chi connectivity index (χ0) is 25.5. The van der Waals surface area contributed by atoms with Gasteiger partial charge in [-0.3, -0.25) is 0 Å². The highest BCUT2D eigenvalue weighted by atomic mass is 16.3. The largest absolute Gasteiger partial charge is 0.456 e. The number of hydrogen-bond donors (Lipinski definition) is 0. The predicted molar refractivity (Wildman–Crippen MR) is 162 cm³/mol. The van der Waals surface area contributed by atoms with Gasteiger partial charge in [0.1, 0.15) is 11.2 Å². The van der Waals surface area contributed by atoms with E-state index in [9.17, 15) is 0 Å². The maximum absolute atomic E-state index is 6.11. The van der Waals surface area contributed by atoms with Crippen LogP contribution in [0.15, 0.2) is 160 Å². The van der Waals surface area contributed by atoms with E-state index >= 15 is 0 Å². The minimum atomic E-state index is 0.321. The van der Waals surface area contributed by atoms with E-state index in [1.165, 1.54) is 66.1 Å². The summed E-state index contributed by atoms with van der Waals surface area (Å²) in [6, 6.07) is 30.5. The van der Waals surface area contributed by atoms with Crippen molar-refractivity contribution in [1.29, 1.82) is 0 Å². The molecular weight excluding hydrogens is 472 g/mol. The number of benzene rings is 4. The molecule has 1 heteroatoms. The van der Waals surface area contributed by atoms with Crippen molar-refractivity contribution in [2.24, 2.45) is 11.8 Å². The van der Waals surface area contributed by atoms with Gasteiger partial charge in [0.2, 0.25) is 0 Å². The number of rotatable bonds is 2. The lowest BCUT2D eigenvalue weighted by Gasteiger charge is -2.42. The summed E-state index contributed by atoms with van der Waals surface area (Å²) in [5.74, 6) is 0.650. The van der Waals surface area contributed by atoms with Gasteiger partial charge in [-0.15, -0.1) is 0 Å². The van der Waals surface area contributed by atoms with E-state index in [-0.39, 0.29) is 0 Å². The lowest BCUT2D eigenvalue weighted by atomic mass is 9.61. The average molecular weight is 497 g/mol. The normalized spacial score (nSPS) is 21.1. The second kappa shape index (κ2) is 7.82. The third kappa shape index (κ3) is 3.02. The van der Waals surface area contributed by atoms with Gasteiger partial charge in [-0.2, -0.15) is 0 Å². The van der Waals surface area contributed by atoms with Crippen molar-refractivity contribution in [1.82, 2.24) is 0 Å². The number of hydrogen-bond acceptors (Lipinski definition) is 1. The van der Waals surface area contributed by atoms with Crippen LogP contribution in [0, 0.1) is 11.8 Å². The van der Waals surface area contributed by atoms with E-state index in [0.29, 0.717) is 11.8 Å². The van der Waals surface area contributed by atoms with Crippen molar-refractivity contribution in [3.63, 3.8) is 0 Å². The van der Waals surface area contributed by atoms with Gasteiger partial charge in [-0.1, -0.05) is 109 Å². The Morgan fingerprint density at radius 1 is 0.513 bits per heavy atom. The van der Waals surface area contributed by atoms with Gasteiger partial charge in [0, 0.05) is 22.6 Å². The van der Waals surface area contributed by atoms with Crippen LogP contribution in [0.3, 0.4) is 0 Å². The maximum Gasteiger partial charge on any atom is 0.135 e. The van der Waals surface area contributed by atoms with Crippen LogP contribution in [-0.2, 0) is 0 Å². The van der Waals surface area contributed by atoms with Crippen LogP contribution in [-0.4, -0.2) is 0 Å². The first-order valence-electron chi connectivity index (χ1n) is 13.7. The summed E-state index contributed by atoms with van der Waals surface area (Å²) in [7, 11) is 0. The molecule has 0 saturated carbocycles. The lowest BCUT2D eigenvalue weighted by Crippen LogP contribution is -2.30. The van der Waals surface area contributed by atoms with Gasteiger partial charge in [0.25, 0.3) is 0 Å². The second-order valence-corrected chi connectivity index (χ2v) is 10.9. The first kappa shape index (κ1) is 21.1. The molecule has 0 aliphatic heterocycles. The first-order valence-corrected chi connectivity index (χ1v) is 13.7. The third-order valence-corrected chi connectivity index (χ3v) is 8.89. The Balaban J connectivity index is 1.18. The van der Waals surface area contributed by atoms with Gasteiger partial charge in [0.15, 0.2) is 0 Å². The van der Waals surface area contributed by atoms with Gasteiger partial charge in [-0.05, 0) is 79.6 Å². The molecule has 2 unspecified atom stereocenters. The zero-order valence-corrected chi connectivity index (χ0v) is 21.3. The Morgan fingerprint density at radius 2 is 1.28 bits per heavy atom. The van der Waals surface area contributed by atoms with Gasteiger partial charge < -0.3 is 4.42 Å². The highest BCUT2D eigenvalue weighted by molar-refractivity contribution is 6.06. The molecule has 0 spiro atoms. The number of para-hydroxylation sites is 1. The fourth-order valence-electron chi connectivity index (χ4n) is 7.05. The summed E-state index contributed by atoms with van der Waals surface area (Å²) in [4.78, 5) is 0. The summed E-state index contributed by atoms with van der Waals surface area (Å²) >= 11 is 0. The molecule has 4 aromatic carbocycles. The van der Waals surface area contributed by atoms with E-state index in [1.807, 2.05) is 12.1 Å². The molecule has 0 amide bonds. The minimum Gasteiger partial charge on any atom is -0.456 e. The van der Waals surface area contributed by atoms with Gasteiger partial charge in [-0.25, -0.2) is 0 Å². The van der Waals surface area contributed by atoms with Crippen molar-refractivity contribution in [3.05, 3.63) is 167 Å². The predicted octanol–water partition coefficient (Wildman–Crippen LogP) is 9.75. The van der Waals surface area contributed by atoms with Gasteiger partial charge in [0.05, 0.1) is 0 Å². The molecule has 0 N–H and O–H groups in total. The van der Waals surface area contributed by atoms with Crippen LogP contribution in [0.2, 0.25) is 0 Å². The molecule has 5 aromatic rings. The molecular formula is C38H24O. The summed E-state index contributed by atoms with van der Waals surface area (Å²) in [5.41, 5.74) is 12.7. The molecule has 1 nitrogen and oxygen atoms in total. The van der Waals surface area contributed by atoms with Crippen molar-refractivity contribution < 1.29 is 4.42 Å². The van der Waals surface area contributed by atoms with Crippen LogP contribution in [0.5, 0.6) is 0 Å². The smallest absolute Gasteiger partial charge is 0.135 e. The van der Waals surface area contributed by atoms with Crippen molar-refractivity contribution in [2.75, 3.05) is 0 Å². The fourth-order valence-corrected chi connectivity index (χ4v) is 7.05. The van der Waals surface area contributed by atoms with Crippen LogP contribution < -0.4 is 0 Å². The minimum absolute atomic E-state index is 0.321. The summed E-state index contributed by atoms with van der Waals surface area (Å²) in [5, 5.41) is 4.91. The molecule has 0 saturated heterocycles. The molecule has 0 fully saturated rings. The Kier molecular flexibility index (Phi) is 4.23. The standard InChI is InChI=1S/C38H24O/c1-2-6-26-21-27(10-9-23(26)5-1)29-16-11-24-14-19-33-30(17-12-25-13-18-32(29)37(24)38(25)33)28-15-20-36-34(22-28)31-7-3-4-8-35(31)39-36/h1-22,37-38H. The van der Waals surface area contributed by atoms with Crippen LogP contribution in [0.1, 0.15) is 11.1 Å². The molecule has 0 bridgehead atoms. The Morgan fingerprint density at radius 3 is 2.26 bits per heavy atom.